The fraction of sp³-hybridized carbons (Fsp3) is 0.170. The zero-order valence-corrected chi connectivity index (χ0v) is 32.3. The van der Waals surface area contributed by atoms with Gasteiger partial charge in [0, 0.05) is 27.7 Å². The molecule has 1 aromatic heterocycles. The maximum absolute atomic E-state index is 6.42. The molecule has 2 aliphatic heterocycles. The first kappa shape index (κ1) is 34.9. The minimum atomic E-state index is -0.0537. The Morgan fingerprint density at radius 1 is 0.702 bits per heavy atom. The zero-order chi connectivity index (χ0) is 38.1. The van der Waals surface area contributed by atoms with Crippen molar-refractivity contribution in [2.45, 2.75) is 45.1 Å². The highest BCUT2D eigenvalue weighted by Gasteiger charge is 2.27. The Kier molecular flexibility index (Phi) is 9.31. The Hall–Kier alpha value is -6.52. The number of fused-ring (bicyclic) bond motifs is 5. The average molecular weight is 740 g/mol. The molecule has 0 amide bonds. The quantitative estimate of drug-likeness (QED) is 0.176. The molecule has 1 aliphatic carbocycles. The van der Waals surface area contributed by atoms with E-state index in [2.05, 4.69) is 182 Å². The van der Waals surface area contributed by atoms with E-state index in [9.17, 15) is 0 Å². The van der Waals surface area contributed by atoms with Crippen molar-refractivity contribution in [2.75, 3.05) is 11.4 Å². The molecule has 57 heavy (non-hydrogen) atoms. The van der Waals surface area contributed by atoms with Crippen molar-refractivity contribution < 1.29 is 4.42 Å². The fourth-order valence-electron chi connectivity index (χ4n) is 8.75. The third-order valence-corrected chi connectivity index (χ3v) is 11.8. The van der Waals surface area contributed by atoms with Crippen LogP contribution in [0, 0.1) is 5.92 Å². The van der Waals surface area contributed by atoms with Crippen molar-refractivity contribution in [1.29, 1.82) is 0 Å². The Morgan fingerprint density at radius 3 is 2.40 bits per heavy atom. The molecule has 0 fully saturated rings. The lowest BCUT2D eigenvalue weighted by atomic mass is 9.87. The number of furan rings is 1. The smallest absolute Gasteiger partial charge is 0.153 e. The summed E-state index contributed by atoms with van der Waals surface area (Å²) in [5, 5.41) is 4.63. The first-order valence-corrected chi connectivity index (χ1v) is 20.4. The molecule has 3 heterocycles. The van der Waals surface area contributed by atoms with Gasteiger partial charge in [-0.15, -0.1) is 0 Å². The van der Waals surface area contributed by atoms with Gasteiger partial charge in [0.25, 0.3) is 0 Å². The molecule has 278 valence electrons. The van der Waals surface area contributed by atoms with E-state index in [4.69, 9.17) is 14.4 Å². The lowest BCUT2D eigenvalue weighted by Crippen LogP contribution is -2.26. The molecule has 4 nitrogen and oxygen atoms in total. The predicted octanol–water partition coefficient (Wildman–Crippen LogP) is 13.7. The molecule has 2 atom stereocenters. The normalized spacial score (nSPS) is 22.1. The highest BCUT2D eigenvalue weighted by molar-refractivity contribution is 6.16. The lowest BCUT2D eigenvalue weighted by molar-refractivity contribution is 0.446. The van der Waals surface area contributed by atoms with E-state index in [-0.39, 0.29) is 12.0 Å². The van der Waals surface area contributed by atoms with Gasteiger partial charge in [0.1, 0.15) is 11.2 Å². The zero-order valence-electron chi connectivity index (χ0n) is 32.3. The van der Waals surface area contributed by atoms with Gasteiger partial charge < -0.3 is 9.32 Å². The largest absolute Gasteiger partial charge is 0.456 e. The summed E-state index contributed by atoms with van der Waals surface area (Å²) in [7, 11) is 0. The SMILES string of the molecule is C[C@H]1CC\C(c2ccc3oc4cc5ccccc5cc4c3c2)=N/C(C2=C/C=C\Cc3ccccc3N(c3ccccc3)C\2)=N\C1c1cccc(C2=CCCC=C2)c1. The minimum Gasteiger partial charge on any atom is -0.456 e. The maximum Gasteiger partial charge on any atom is 0.153 e. The third kappa shape index (κ3) is 6.97. The monoisotopic (exact) mass is 739 g/mol. The van der Waals surface area contributed by atoms with Crippen LogP contribution in [0.2, 0.25) is 0 Å². The van der Waals surface area contributed by atoms with E-state index >= 15 is 0 Å². The molecule has 6 aromatic carbocycles. The highest BCUT2D eigenvalue weighted by Crippen LogP contribution is 2.38. The average Bonchev–Trinajstić information content (AvgIpc) is 3.65. The number of benzene rings is 6. The number of nitrogens with zero attached hydrogens (tertiary/aromatic N) is 3. The van der Waals surface area contributed by atoms with Crippen LogP contribution in [-0.2, 0) is 6.42 Å². The van der Waals surface area contributed by atoms with Gasteiger partial charge in [0.2, 0.25) is 0 Å². The molecule has 0 bridgehead atoms. The molecule has 4 heteroatoms. The Bertz CT molecular complexity index is 2830. The third-order valence-electron chi connectivity index (χ3n) is 11.8. The minimum absolute atomic E-state index is 0.0537. The summed E-state index contributed by atoms with van der Waals surface area (Å²) in [6, 6.07) is 48.0. The number of hydrogen-bond donors (Lipinski definition) is 0. The molecule has 0 radical (unpaired) electrons. The van der Waals surface area contributed by atoms with Crippen LogP contribution < -0.4 is 4.90 Å². The summed E-state index contributed by atoms with van der Waals surface area (Å²) in [6.45, 7) is 2.99. The van der Waals surface area contributed by atoms with Crippen molar-refractivity contribution in [2.24, 2.45) is 15.9 Å². The van der Waals surface area contributed by atoms with Gasteiger partial charge in [-0.25, -0.2) is 4.99 Å². The molecule has 7 aromatic rings. The number of anilines is 2. The van der Waals surface area contributed by atoms with Crippen molar-refractivity contribution >= 4 is 61.2 Å². The lowest BCUT2D eigenvalue weighted by Gasteiger charge is -2.29. The van der Waals surface area contributed by atoms with Crippen LogP contribution in [0.3, 0.4) is 0 Å². The van der Waals surface area contributed by atoms with Gasteiger partial charge in [0.05, 0.1) is 18.3 Å². The second-order valence-electron chi connectivity index (χ2n) is 15.6. The molecular formula is C53H45N3O. The highest BCUT2D eigenvalue weighted by atomic mass is 16.3. The molecule has 0 saturated heterocycles. The molecule has 0 spiro atoms. The van der Waals surface area contributed by atoms with Crippen molar-refractivity contribution in [3.8, 4) is 0 Å². The van der Waals surface area contributed by atoms with E-state index in [1.165, 1.54) is 38.7 Å². The van der Waals surface area contributed by atoms with Crippen LogP contribution in [0.5, 0.6) is 0 Å². The van der Waals surface area contributed by atoms with Gasteiger partial charge in [-0.1, -0.05) is 122 Å². The molecular weight excluding hydrogens is 695 g/mol. The van der Waals surface area contributed by atoms with Crippen LogP contribution >= 0.6 is 0 Å². The molecule has 1 unspecified atom stereocenters. The second-order valence-corrected chi connectivity index (χ2v) is 15.6. The van der Waals surface area contributed by atoms with Gasteiger partial charge in [-0.05, 0) is 131 Å². The van der Waals surface area contributed by atoms with Crippen LogP contribution in [0.1, 0.15) is 60.9 Å². The number of para-hydroxylation sites is 2. The number of amidine groups is 1. The standard InChI is InChI=1S/C53H45N3O/c1-36-27-29-48(42-28-30-50-46(33-42)47-32-40-19-9-10-20-41(40)34-51(47)57-50)54-53(55-52(36)43-23-14-22-39(31-43)37-15-4-2-5-16-37)44-21-11-8-17-38-18-12-13-26-49(38)56(35-44)45-24-6-3-7-25-45/h3-4,6-16,18-26,28,30-34,36,52H,2,5,17,27,29,35H2,1H3/b11-8-,44-21+,54-48+,55-53-/t36-,52?/m0/s1. The summed E-state index contributed by atoms with van der Waals surface area (Å²) in [4.78, 5) is 13.8. The number of rotatable bonds is 5. The van der Waals surface area contributed by atoms with Crippen molar-refractivity contribution in [3.63, 3.8) is 0 Å². The van der Waals surface area contributed by atoms with Gasteiger partial charge in [-0.2, -0.15) is 0 Å². The number of hydrogen-bond acceptors (Lipinski definition) is 4. The van der Waals surface area contributed by atoms with E-state index in [0.717, 1.165) is 82.4 Å². The van der Waals surface area contributed by atoms with Gasteiger partial charge >= 0.3 is 0 Å². The molecule has 10 rings (SSSR count). The summed E-state index contributed by atoms with van der Waals surface area (Å²) in [5.41, 5.74) is 12.5. The van der Waals surface area contributed by atoms with Crippen LogP contribution in [0.25, 0.3) is 38.3 Å². The fourth-order valence-corrected chi connectivity index (χ4v) is 8.75. The van der Waals surface area contributed by atoms with Crippen molar-refractivity contribution in [1.82, 2.24) is 0 Å². The Labute approximate surface area is 334 Å². The molecule has 0 N–H and O–H groups in total. The molecule has 0 saturated carbocycles. The van der Waals surface area contributed by atoms with Crippen LogP contribution in [0.4, 0.5) is 11.4 Å². The maximum atomic E-state index is 6.42. The summed E-state index contributed by atoms with van der Waals surface area (Å²) in [6.07, 6.45) is 18.4. The van der Waals surface area contributed by atoms with E-state index in [1.54, 1.807) is 0 Å². The summed E-state index contributed by atoms with van der Waals surface area (Å²) < 4.78 is 6.42. The number of allylic oxidation sites excluding steroid dienone is 7. The summed E-state index contributed by atoms with van der Waals surface area (Å²) in [5.74, 6) is 1.07. The van der Waals surface area contributed by atoms with E-state index in [1.807, 2.05) is 0 Å². The van der Waals surface area contributed by atoms with Gasteiger partial charge in [-0.3, -0.25) is 4.99 Å². The van der Waals surface area contributed by atoms with E-state index in [0.29, 0.717) is 6.54 Å². The second kappa shape index (κ2) is 15.2. The number of aliphatic imine (C=N–C) groups is 2. The van der Waals surface area contributed by atoms with Crippen LogP contribution in [-0.4, -0.2) is 18.1 Å². The van der Waals surface area contributed by atoms with Crippen molar-refractivity contribution in [3.05, 3.63) is 198 Å². The first-order chi connectivity index (χ1) is 28.1. The topological polar surface area (TPSA) is 41.1 Å². The molecule has 3 aliphatic rings. The Morgan fingerprint density at radius 2 is 1.53 bits per heavy atom. The van der Waals surface area contributed by atoms with Gasteiger partial charge in [0.15, 0.2) is 5.84 Å². The first-order valence-electron chi connectivity index (χ1n) is 20.4. The van der Waals surface area contributed by atoms with E-state index < -0.39 is 0 Å². The predicted molar refractivity (Wildman–Crippen MR) is 240 cm³/mol. The summed E-state index contributed by atoms with van der Waals surface area (Å²) >= 11 is 0. The van der Waals surface area contributed by atoms with Crippen LogP contribution in [0.15, 0.2) is 190 Å². The Balaban J connectivity index is 1.13.